The fourth-order valence-corrected chi connectivity index (χ4v) is 1.03. The molecule has 1 aromatic rings. The predicted molar refractivity (Wildman–Crippen MR) is 47.3 cm³/mol. The molecule has 0 spiro atoms. The zero-order chi connectivity index (χ0) is 9.14. The van der Waals surface area contributed by atoms with Crippen molar-refractivity contribution in [3.63, 3.8) is 0 Å². The number of aryl methyl sites for hydroxylation is 1. The highest BCUT2D eigenvalue weighted by molar-refractivity contribution is 5.81. The van der Waals surface area contributed by atoms with Crippen molar-refractivity contribution >= 4 is 5.91 Å². The number of benzene rings is 1. The third-order valence-electron chi connectivity index (χ3n) is 1.71. The van der Waals surface area contributed by atoms with Crippen molar-refractivity contribution in [3.05, 3.63) is 35.4 Å². The van der Waals surface area contributed by atoms with E-state index in [0.717, 1.165) is 11.1 Å². The molecule has 64 valence electrons. The van der Waals surface area contributed by atoms with Crippen LogP contribution in [0.25, 0.3) is 0 Å². The SMILES string of the molecule is Cc1cccc(C(N)C(N)=O)c1. The van der Waals surface area contributed by atoms with Gasteiger partial charge in [0.05, 0.1) is 0 Å². The second kappa shape index (κ2) is 3.36. The molecule has 1 amide bonds. The maximum absolute atomic E-state index is 10.7. The molecule has 0 aliphatic heterocycles. The average Bonchev–Trinajstić information content (AvgIpc) is 2.03. The quantitative estimate of drug-likeness (QED) is 0.667. The summed E-state index contributed by atoms with van der Waals surface area (Å²) >= 11 is 0. The van der Waals surface area contributed by atoms with E-state index in [1.807, 2.05) is 25.1 Å². The average molecular weight is 164 g/mol. The fraction of sp³-hybridized carbons (Fsp3) is 0.222. The molecule has 0 saturated heterocycles. The Kier molecular flexibility index (Phi) is 2.45. The van der Waals surface area contributed by atoms with Gasteiger partial charge < -0.3 is 11.5 Å². The van der Waals surface area contributed by atoms with E-state index in [-0.39, 0.29) is 0 Å². The highest BCUT2D eigenvalue weighted by atomic mass is 16.1. The maximum atomic E-state index is 10.7. The van der Waals surface area contributed by atoms with Crippen molar-refractivity contribution in [3.8, 4) is 0 Å². The molecule has 0 fully saturated rings. The van der Waals surface area contributed by atoms with Crippen LogP contribution < -0.4 is 11.5 Å². The predicted octanol–water partition coefficient (Wildman–Crippen LogP) is 0.480. The molecule has 12 heavy (non-hydrogen) atoms. The minimum Gasteiger partial charge on any atom is -0.368 e. The molecule has 0 aliphatic carbocycles. The van der Waals surface area contributed by atoms with Crippen molar-refractivity contribution in [2.75, 3.05) is 0 Å². The Morgan fingerprint density at radius 2 is 2.17 bits per heavy atom. The molecule has 0 aliphatic rings. The van der Waals surface area contributed by atoms with Gasteiger partial charge in [-0.3, -0.25) is 4.79 Å². The number of hydrogen-bond donors (Lipinski definition) is 2. The van der Waals surface area contributed by atoms with Gasteiger partial charge in [-0.15, -0.1) is 0 Å². The highest BCUT2D eigenvalue weighted by Crippen LogP contribution is 2.10. The van der Waals surface area contributed by atoms with Gasteiger partial charge in [0, 0.05) is 0 Å². The number of hydrogen-bond acceptors (Lipinski definition) is 2. The Labute approximate surface area is 71.4 Å². The molecule has 0 bridgehead atoms. The second-order valence-electron chi connectivity index (χ2n) is 2.79. The highest BCUT2D eigenvalue weighted by Gasteiger charge is 2.10. The van der Waals surface area contributed by atoms with Crippen LogP contribution in [0.15, 0.2) is 24.3 Å². The van der Waals surface area contributed by atoms with Crippen molar-refractivity contribution in [2.45, 2.75) is 13.0 Å². The summed E-state index contributed by atoms with van der Waals surface area (Å²) in [6.07, 6.45) is 0. The molecule has 4 N–H and O–H groups in total. The molecule has 3 nitrogen and oxygen atoms in total. The maximum Gasteiger partial charge on any atom is 0.238 e. The van der Waals surface area contributed by atoms with Gasteiger partial charge in [-0.25, -0.2) is 0 Å². The molecule has 3 heteroatoms. The van der Waals surface area contributed by atoms with Crippen LogP contribution in [0.1, 0.15) is 17.2 Å². The van der Waals surface area contributed by atoms with E-state index in [1.54, 1.807) is 6.07 Å². The van der Waals surface area contributed by atoms with Crippen LogP contribution >= 0.6 is 0 Å². The number of carbonyl (C=O) groups excluding carboxylic acids is 1. The van der Waals surface area contributed by atoms with Crippen LogP contribution in [-0.4, -0.2) is 5.91 Å². The molecular formula is C9H12N2O. The van der Waals surface area contributed by atoms with E-state index in [4.69, 9.17) is 11.5 Å². The first kappa shape index (κ1) is 8.74. The summed E-state index contributed by atoms with van der Waals surface area (Å²) in [5.74, 6) is -0.499. The standard InChI is InChI=1S/C9H12N2O/c1-6-3-2-4-7(5-6)8(10)9(11)12/h2-5,8H,10H2,1H3,(H2,11,12). The number of rotatable bonds is 2. The van der Waals surface area contributed by atoms with Gasteiger partial charge in [0.15, 0.2) is 0 Å². The van der Waals surface area contributed by atoms with Crippen molar-refractivity contribution in [1.82, 2.24) is 0 Å². The first-order valence-corrected chi connectivity index (χ1v) is 3.72. The lowest BCUT2D eigenvalue weighted by atomic mass is 10.1. The molecule has 0 heterocycles. The smallest absolute Gasteiger partial charge is 0.238 e. The Morgan fingerprint density at radius 1 is 1.50 bits per heavy atom. The Morgan fingerprint density at radius 3 is 2.67 bits per heavy atom. The van der Waals surface area contributed by atoms with Crippen LogP contribution in [0, 0.1) is 6.92 Å². The van der Waals surface area contributed by atoms with Gasteiger partial charge in [-0.2, -0.15) is 0 Å². The van der Waals surface area contributed by atoms with E-state index in [0.29, 0.717) is 0 Å². The molecule has 1 rings (SSSR count). The van der Waals surface area contributed by atoms with Crippen LogP contribution in [0.3, 0.4) is 0 Å². The van der Waals surface area contributed by atoms with Crippen LogP contribution in [0.4, 0.5) is 0 Å². The van der Waals surface area contributed by atoms with E-state index in [9.17, 15) is 4.79 Å². The third kappa shape index (κ3) is 1.83. The minimum atomic E-state index is -0.690. The largest absolute Gasteiger partial charge is 0.368 e. The Bertz CT molecular complexity index is 296. The van der Waals surface area contributed by atoms with E-state index < -0.39 is 11.9 Å². The molecule has 1 aromatic carbocycles. The van der Waals surface area contributed by atoms with Crippen molar-refractivity contribution in [1.29, 1.82) is 0 Å². The zero-order valence-electron chi connectivity index (χ0n) is 6.95. The lowest BCUT2D eigenvalue weighted by Crippen LogP contribution is -2.28. The summed E-state index contributed by atoms with van der Waals surface area (Å²) in [5.41, 5.74) is 12.4. The summed E-state index contributed by atoms with van der Waals surface area (Å²) < 4.78 is 0. The number of nitrogens with two attached hydrogens (primary N) is 2. The van der Waals surface area contributed by atoms with E-state index in [1.165, 1.54) is 0 Å². The molecule has 1 unspecified atom stereocenters. The first-order chi connectivity index (χ1) is 5.61. The molecule has 0 saturated carbocycles. The summed E-state index contributed by atoms with van der Waals surface area (Å²) in [4.78, 5) is 10.7. The van der Waals surface area contributed by atoms with Crippen molar-refractivity contribution < 1.29 is 4.79 Å². The van der Waals surface area contributed by atoms with Crippen LogP contribution in [0.2, 0.25) is 0 Å². The number of amides is 1. The molecule has 1 atom stereocenters. The Balaban J connectivity index is 2.95. The molecule has 0 radical (unpaired) electrons. The lowest BCUT2D eigenvalue weighted by Gasteiger charge is -2.07. The van der Waals surface area contributed by atoms with Gasteiger partial charge in [0.25, 0.3) is 0 Å². The van der Waals surface area contributed by atoms with Gasteiger partial charge in [0.1, 0.15) is 6.04 Å². The normalized spacial score (nSPS) is 12.5. The molecular weight excluding hydrogens is 152 g/mol. The second-order valence-corrected chi connectivity index (χ2v) is 2.79. The van der Waals surface area contributed by atoms with E-state index >= 15 is 0 Å². The van der Waals surface area contributed by atoms with Crippen LogP contribution in [-0.2, 0) is 4.79 Å². The third-order valence-corrected chi connectivity index (χ3v) is 1.71. The monoisotopic (exact) mass is 164 g/mol. The summed E-state index contributed by atoms with van der Waals surface area (Å²) in [5, 5.41) is 0. The van der Waals surface area contributed by atoms with Crippen molar-refractivity contribution in [2.24, 2.45) is 11.5 Å². The van der Waals surface area contributed by atoms with E-state index in [2.05, 4.69) is 0 Å². The lowest BCUT2D eigenvalue weighted by molar-refractivity contribution is -0.119. The Hall–Kier alpha value is -1.35. The summed E-state index contributed by atoms with van der Waals surface area (Å²) in [7, 11) is 0. The fourth-order valence-electron chi connectivity index (χ4n) is 1.03. The summed E-state index contributed by atoms with van der Waals surface area (Å²) in [6, 6.07) is 6.76. The zero-order valence-corrected chi connectivity index (χ0v) is 6.95. The number of carbonyl (C=O) groups is 1. The molecule has 0 aromatic heterocycles. The topological polar surface area (TPSA) is 69.1 Å². The van der Waals surface area contributed by atoms with Crippen LogP contribution in [0.5, 0.6) is 0 Å². The first-order valence-electron chi connectivity index (χ1n) is 3.72. The van der Waals surface area contributed by atoms with Gasteiger partial charge in [0.2, 0.25) is 5.91 Å². The number of primary amides is 1. The minimum absolute atomic E-state index is 0.499. The van der Waals surface area contributed by atoms with Gasteiger partial charge in [-0.1, -0.05) is 29.8 Å². The summed E-state index contributed by atoms with van der Waals surface area (Å²) in [6.45, 7) is 1.94. The van der Waals surface area contributed by atoms with Gasteiger partial charge in [-0.05, 0) is 12.5 Å². The van der Waals surface area contributed by atoms with Gasteiger partial charge >= 0.3 is 0 Å².